The summed E-state index contributed by atoms with van der Waals surface area (Å²) in [4.78, 5) is 4.10. The van der Waals surface area contributed by atoms with Gasteiger partial charge >= 0.3 is 0 Å². The van der Waals surface area contributed by atoms with Gasteiger partial charge in [-0.1, -0.05) is 29.8 Å². The molecule has 0 aliphatic rings. The summed E-state index contributed by atoms with van der Waals surface area (Å²) in [7, 11) is 0. The van der Waals surface area contributed by atoms with E-state index in [1.54, 1.807) is 30.3 Å². The third-order valence-corrected chi connectivity index (χ3v) is 3.75. The number of pyridine rings is 1. The molecule has 5 heteroatoms. The van der Waals surface area contributed by atoms with Crippen LogP contribution >= 0.6 is 11.6 Å². The molecule has 2 rings (SSSR count). The zero-order chi connectivity index (χ0) is 15.9. The number of nitrogens with one attached hydrogen (secondary N) is 1. The zero-order valence-electron chi connectivity index (χ0n) is 12.5. The molecule has 0 saturated heterocycles. The third-order valence-electron chi connectivity index (χ3n) is 3.54. The fraction of sp³-hybridized carbons (Fsp3) is 0.353. The van der Waals surface area contributed by atoms with Crippen molar-refractivity contribution in [2.75, 3.05) is 6.54 Å². The van der Waals surface area contributed by atoms with Crippen molar-refractivity contribution in [3.63, 3.8) is 0 Å². The highest BCUT2D eigenvalue weighted by atomic mass is 35.5. The Morgan fingerprint density at radius 3 is 2.59 bits per heavy atom. The fourth-order valence-corrected chi connectivity index (χ4v) is 2.35. The van der Waals surface area contributed by atoms with E-state index in [-0.39, 0.29) is 11.8 Å². The van der Waals surface area contributed by atoms with Crippen LogP contribution in [0.1, 0.15) is 30.7 Å². The largest absolute Gasteiger partial charge is 0.508 e. The average molecular weight is 321 g/mol. The lowest BCUT2D eigenvalue weighted by Gasteiger charge is -2.17. The smallest absolute Gasteiger partial charge is 0.129 e. The van der Waals surface area contributed by atoms with Crippen molar-refractivity contribution in [3.05, 3.63) is 58.9 Å². The number of aromatic nitrogens is 1. The lowest BCUT2D eigenvalue weighted by atomic mass is 10.1. The van der Waals surface area contributed by atoms with E-state index in [2.05, 4.69) is 17.2 Å². The Bertz CT molecular complexity index is 589. The Kier molecular flexibility index (Phi) is 6.19. The number of aromatic hydroxyl groups is 1. The first-order chi connectivity index (χ1) is 10.5. The summed E-state index contributed by atoms with van der Waals surface area (Å²) in [6, 6.07) is 12.7. The first kappa shape index (κ1) is 16.7. The van der Waals surface area contributed by atoms with Crippen LogP contribution in [0.15, 0.2) is 42.5 Å². The number of aliphatic hydroxyl groups excluding tert-OH is 1. The van der Waals surface area contributed by atoms with E-state index < -0.39 is 6.10 Å². The summed E-state index contributed by atoms with van der Waals surface area (Å²) in [5, 5.41) is 23.0. The summed E-state index contributed by atoms with van der Waals surface area (Å²) >= 11 is 5.82. The normalized spacial score (nSPS) is 13.8. The van der Waals surface area contributed by atoms with Gasteiger partial charge in [0.1, 0.15) is 17.0 Å². The number of aryl methyl sites for hydroxylation is 1. The Labute approximate surface area is 135 Å². The van der Waals surface area contributed by atoms with Gasteiger partial charge in [-0.25, -0.2) is 4.98 Å². The minimum atomic E-state index is -0.671. The standard InChI is InChI=1S/C17H21ClN2O2/c1-12(5-6-13-7-9-14(21)10-8-13)19-11-16(22)15-3-2-4-17(18)20-15/h2-4,7-10,12,16,19,21-22H,5-6,11H2,1H3/t12-,16?/m1/s1. The molecule has 0 spiro atoms. The number of benzene rings is 1. The van der Waals surface area contributed by atoms with Crippen LogP contribution in [0, 0.1) is 0 Å². The molecule has 0 fully saturated rings. The van der Waals surface area contributed by atoms with Gasteiger partial charge in [-0.15, -0.1) is 0 Å². The minimum Gasteiger partial charge on any atom is -0.508 e. The molecule has 0 saturated carbocycles. The van der Waals surface area contributed by atoms with E-state index in [0.717, 1.165) is 12.8 Å². The number of phenolic OH excluding ortho intramolecular Hbond substituents is 1. The van der Waals surface area contributed by atoms with Gasteiger partial charge in [-0.3, -0.25) is 0 Å². The molecular formula is C17H21ClN2O2. The number of aliphatic hydroxyl groups is 1. The van der Waals surface area contributed by atoms with Crippen LogP contribution in [0.3, 0.4) is 0 Å². The molecule has 0 aliphatic heterocycles. The van der Waals surface area contributed by atoms with E-state index in [9.17, 15) is 10.2 Å². The van der Waals surface area contributed by atoms with Gasteiger partial charge in [0.2, 0.25) is 0 Å². The molecule has 0 amide bonds. The van der Waals surface area contributed by atoms with Crippen LogP contribution in [-0.2, 0) is 6.42 Å². The SMILES string of the molecule is C[C@H](CCc1ccc(O)cc1)NCC(O)c1cccc(Cl)n1. The molecule has 0 aliphatic carbocycles. The number of halogens is 1. The van der Waals surface area contributed by atoms with Crippen molar-refractivity contribution in [1.29, 1.82) is 0 Å². The highest BCUT2D eigenvalue weighted by Gasteiger charge is 2.11. The van der Waals surface area contributed by atoms with Crippen molar-refractivity contribution in [2.24, 2.45) is 0 Å². The fourth-order valence-electron chi connectivity index (χ4n) is 2.17. The molecule has 1 heterocycles. The Hall–Kier alpha value is -1.62. The molecule has 1 aromatic carbocycles. The van der Waals surface area contributed by atoms with Gasteiger partial charge in [-0.05, 0) is 49.6 Å². The van der Waals surface area contributed by atoms with E-state index in [0.29, 0.717) is 17.4 Å². The second-order valence-corrected chi connectivity index (χ2v) is 5.80. The molecule has 0 radical (unpaired) electrons. The molecule has 22 heavy (non-hydrogen) atoms. The van der Waals surface area contributed by atoms with Gasteiger partial charge in [-0.2, -0.15) is 0 Å². The molecule has 0 bridgehead atoms. The highest BCUT2D eigenvalue weighted by molar-refractivity contribution is 6.29. The van der Waals surface area contributed by atoms with E-state index in [4.69, 9.17) is 11.6 Å². The maximum atomic E-state index is 10.1. The van der Waals surface area contributed by atoms with Crippen molar-refractivity contribution in [2.45, 2.75) is 31.9 Å². The maximum Gasteiger partial charge on any atom is 0.129 e. The third kappa shape index (κ3) is 5.30. The predicted molar refractivity (Wildman–Crippen MR) is 88.1 cm³/mol. The molecule has 3 N–H and O–H groups in total. The Morgan fingerprint density at radius 1 is 1.18 bits per heavy atom. The minimum absolute atomic E-state index is 0.266. The molecule has 2 aromatic rings. The zero-order valence-corrected chi connectivity index (χ0v) is 13.3. The Morgan fingerprint density at radius 2 is 1.91 bits per heavy atom. The first-order valence-electron chi connectivity index (χ1n) is 7.36. The van der Waals surface area contributed by atoms with Gasteiger partial charge in [0.25, 0.3) is 0 Å². The number of hydrogen-bond acceptors (Lipinski definition) is 4. The number of hydrogen-bond donors (Lipinski definition) is 3. The van der Waals surface area contributed by atoms with Crippen molar-refractivity contribution < 1.29 is 10.2 Å². The lowest BCUT2D eigenvalue weighted by Crippen LogP contribution is -2.31. The second-order valence-electron chi connectivity index (χ2n) is 5.42. The quantitative estimate of drug-likeness (QED) is 0.686. The molecule has 118 valence electrons. The van der Waals surface area contributed by atoms with Gasteiger partial charge in [0.15, 0.2) is 0 Å². The summed E-state index contributed by atoms with van der Waals surface area (Å²) in [5.41, 5.74) is 1.76. The summed E-state index contributed by atoms with van der Waals surface area (Å²) in [5.74, 6) is 0.284. The van der Waals surface area contributed by atoms with Crippen LogP contribution in [0.5, 0.6) is 5.75 Å². The van der Waals surface area contributed by atoms with E-state index in [1.807, 2.05) is 12.1 Å². The molecule has 4 nitrogen and oxygen atoms in total. The average Bonchev–Trinajstić information content (AvgIpc) is 2.52. The van der Waals surface area contributed by atoms with Crippen molar-refractivity contribution in [3.8, 4) is 5.75 Å². The van der Waals surface area contributed by atoms with E-state index >= 15 is 0 Å². The van der Waals surface area contributed by atoms with Gasteiger partial charge in [0.05, 0.1) is 5.69 Å². The molecular weight excluding hydrogens is 300 g/mol. The van der Waals surface area contributed by atoms with Crippen molar-refractivity contribution in [1.82, 2.24) is 10.3 Å². The second kappa shape index (κ2) is 8.13. The summed E-state index contributed by atoms with van der Waals surface area (Å²) < 4.78 is 0. The van der Waals surface area contributed by atoms with E-state index in [1.165, 1.54) is 5.56 Å². The number of rotatable bonds is 7. The molecule has 2 atom stereocenters. The summed E-state index contributed by atoms with van der Waals surface area (Å²) in [6.45, 7) is 2.52. The van der Waals surface area contributed by atoms with Gasteiger partial charge in [0, 0.05) is 12.6 Å². The Balaban J connectivity index is 1.75. The topological polar surface area (TPSA) is 65.4 Å². The lowest BCUT2D eigenvalue weighted by molar-refractivity contribution is 0.165. The molecule has 1 aromatic heterocycles. The highest BCUT2D eigenvalue weighted by Crippen LogP contribution is 2.14. The van der Waals surface area contributed by atoms with Gasteiger partial charge < -0.3 is 15.5 Å². The van der Waals surface area contributed by atoms with Crippen LogP contribution < -0.4 is 5.32 Å². The van der Waals surface area contributed by atoms with Crippen LogP contribution in [0.4, 0.5) is 0 Å². The van der Waals surface area contributed by atoms with Crippen LogP contribution in [-0.4, -0.2) is 27.8 Å². The number of nitrogens with zero attached hydrogens (tertiary/aromatic N) is 1. The van der Waals surface area contributed by atoms with Crippen LogP contribution in [0.25, 0.3) is 0 Å². The summed E-state index contributed by atoms with van der Waals surface area (Å²) in [6.07, 6.45) is 1.19. The van der Waals surface area contributed by atoms with Crippen molar-refractivity contribution >= 4 is 11.6 Å². The van der Waals surface area contributed by atoms with Crippen LogP contribution in [0.2, 0.25) is 5.15 Å². The maximum absolute atomic E-state index is 10.1. The molecule has 1 unspecified atom stereocenters. The first-order valence-corrected chi connectivity index (χ1v) is 7.74. The predicted octanol–water partition coefficient (Wildman–Crippen LogP) is 3.08. The monoisotopic (exact) mass is 320 g/mol. The number of phenols is 1.